The van der Waals surface area contributed by atoms with Crippen molar-refractivity contribution in [1.82, 2.24) is 4.98 Å². The average Bonchev–Trinajstić information content (AvgIpc) is 2.27. The van der Waals surface area contributed by atoms with Crippen LogP contribution in [0.2, 0.25) is 0 Å². The second-order valence-corrected chi connectivity index (χ2v) is 4.23. The molecule has 0 unspecified atom stereocenters. The zero-order valence-electron chi connectivity index (χ0n) is 7.48. The first-order valence-corrected chi connectivity index (χ1v) is 5.31. The summed E-state index contributed by atoms with van der Waals surface area (Å²) in [4.78, 5) is 4.21. The summed E-state index contributed by atoms with van der Waals surface area (Å²) in [6.45, 7) is 0. The van der Waals surface area contributed by atoms with Crippen molar-refractivity contribution in [3.63, 3.8) is 0 Å². The summed E-state index contributed by atoms with van der Waals surface area (Å²) in [5.41, 5.74) is 1.52. The van der Waals surface area contributed by atoms with Crippen LogP contribution in [0.3, 0.4) is 0 Å². The molecule has 0 aliphatic carbocycles. The molecule has 0 spiro atoms. The number of fused-ring (bicyclic) bond motifs is 1. The normalized spacial score (nSPS) is 12.0. The Hall–Kier alpha value is -1.13. The molecule has 0 saturated heterocycles. The average molecular weight is 286 g/mol. The van der Waals surface area contributed by atoms with Gasteiger partial charge in [0, 0.05) is 21.6 Å². The quantitative estimate of drug-likeness (QED) is 0.496. The van der Waals surface area contributed by atoms with Crippen LogP contribution in [0.25, 0.3) is 10.9 Å². The highest BCUT2D eigenvalue weighted by atomic mass is 79.9. The number of oxime groups is 1. The number of hydrogen-bond donors (Lipinski definition) is 1. The van der Waals surface area contributed by atoms with E-state index in [0.717, 1.165) is 15.4 Å². The Kier molecular flexibility index (Phi) is 2.88. The van der Waals surface area contributed by atoms with Gasteiger partial charge in [0.1, 0.15) is 0 Å². The summed E-state index contributed by atoms with van der Waals surface area (Å²) >= 11 is 9.03. The highest BCUT2D eigenvalue weighted by Gasteiger charge is 2.02. The van der Waals surface area contributed by atoms with Crippen molar-refractivity contribution in [3.8, 4) is 0 Å². The minimum atomic E-state index is 0.0666. The van der Waals surface area contributed by atoms with Gasteiger partial charge in [0.15, 0.2) is 5.17 Å². The second kappa shape index (κ2) is 4.16. The molecular formula is C10H6BrClN2O. The maximum Gasteiger partial charge on any atom is 0.175 e. The molecule has 3 nitrogen and oxygen atoms in total. The standard InChI is InChI=1S/C10H6BrClN2O/c11-8-4-7-3-6(10(12)14-15)1-2-9(7)13-5-8/h1-5,15H/b14-10-. The van der Waals surface area contributed by atoms with Crippen molar-refractivity contribution < 1.29 is 5.21 Å². The van der Waals surface area contributed by atoms with Crippen molar-refractivity contribution >= 4 is 43.6 Å². The molecule has 0 atom stereocenters. The maximum absolute atomic E-state index is 8.55. The van der Waals surface area contributed by atoms with E-state index >= 15 is 0 Å². The van der Waals surface area contributed by atoms with Crippen molar-refractivity contribution in [1.29, 1.82) is 0 Å². The molecule has 1 aromatic heterocycles. The third kappa shape index (κ3) is 2.11. The Labute approximate surface area is 99.5 Å². The van der Waals surface area contributed by atoms with Crippen LogP contribution in [-0.4, -0.2) is 15.4 Å². The highest BCUT2D eigenvalue weighted by molar-refractivity contribution is 9.10. The molecule has 0 saturated carbocycles. The van der Waals surface area contributed by atoms with Crippen LogP contribution in [0.15, 0.2) is 40.1 Å². The molecule has 0 fully saturated rings. The topological polar surface area (TPSA) is 45.5 Å². The Morgan fingerprint density at radius 3 is 2.93 bits per heavy atom. The van der Waals surface area contributed by atoms with Crippen molar-refractivity contribution in [3.05, 3.63) is 40.5 Å². The van der Waals surface area contributed by atoms with Crippen LogP contribution in [0.1, 0.15) is 5.56 Å². The van der Waals surface area contributed by atoms with Gasteiger partial charge >= 0.3 is 0 Å². The van der Waals surface area contributed by atoms with Crippen LogP contribution >= 0.6 is 27.5 Å². The van der Waals surface area contributed by atoms with Crippen molar-refractivity contribution in [2.75, 3.05) is 0 Å². The Morgan fingerprint density at radius 2 is 2.20 bits per heavy atom. The number of benzene rings is 1. The predicted molar refractivity (Wildman–Crippen MR) is 63.6 cm³/mol. The fraction of sp³-hybridized carbons (Fsp3) is 0. The van der Waals surface area contributed by atoms with E-state index in [1.54, 1.807) is 12.3 Å². The first kappa shape index (κ1) is 10.4. The zero-order chi connectivity index (χ0) is 10.8. The molecule has 0 amide bonds. The third-order valence-electron chi connectivity index (χ3n) is 1.97. The zero-order valence-corrected chi connectivity index (χ0v) is 9.83. The van der Waals surface area contributed by atoms with E-state index in [4.69, 9.17) is 16.8 Å². The van der Waals surface area contributed by atoms with E-state index in [2.05, 4.69) is 26.1 Å². The van der Waals surface area contributed by atoms with Gasteiger partial charge in [-0.15, -0.1) is 0 Å². The number of nitrogens with zero attached hydrogens (tertiary/aromatic N) is 2. The SMILES string of the molecule is O/N=C(\Cl)c1ccc2ncc(Br)cc2c1. The first-order valence-electron chi connectivity index (χ1n) is 4.14. The van der Waals surface area contributed by atoms with E-state index in [-0.39, 0.29) is 5.17 Å². The molecular weight excluding hydrogens is 279 g/mol. The molecule has 2 aromatic rings. The minimum absolute atomic E-state index is 0.0666. The number of hydrogen-bond acceptors (Lipinski definition) is 3. The lowest BCUT2D eigenvalue weighted by molar-refractivity contribution is 0.321. The van der Waals surface area contributed by atoms with Crippen LogP contribution < -0.4 is 0 Å². The maximum atomic E-state index is 8.55. The smallest absolute Gasteiger partial charge is 0.175 e. The molecule has 0 aliphatic rings. The lowest BCUT2D eigenvalue weighted by Gasteiger charge is -2.00. The fourth-order valence-electron chi connectivity index (χ4n) is 1.29. The van der Waals surface area contributed by atoms with Crippen LogP contribution in [0.5, 0.6) is 0 Å². The van der Waals surface area contributed by atoms with Crippen molar-refractivity contribution in [2.45, 2.75) is 0 Å². The molecule has 0 bridgehead atoms. The molecule has 15 heavy (non-hydrogen) atoms. The lowest BCUT2D eigenvalue weighted by Crippen LogP contribution is -1.91. The molecule has 0 aliphatic heterocycles. The Morgan fingerprint density at radius 1 is 1.40 bits per heavy atom. The molecule has 5 heteroatoms. The van der Waals surface area contributed by atoms with Gasteiger partial charge in [0.2, 0.25) is 0 Å². The van der Waals surface area contributed by atoms with Gasteiger partial charge < -0.3 is 5.21 Å². The van der Waals surface area contributed by atoms with Crippen LogP contribution in [-0.2, 0) is 0 Å². The Bertz CT molecular complexity index is 542. The van der Waals surface area contributed by atoms with Gasteiger partial charge in [-0.25, -0.2) is 0 Å². The molecule has 0 radical (unpaired) electrons. The molecule has 1 heterocycles. The van der Waals surface area contributed by atoms with E-state index in [1.165, 1.54) is 0 Å². The lowest BCUT2D eigenvalue weighted by atomic mass is 10.1. The minimum Gasteiger partial charge on any atom is -0.410 e. The largest absolute Gasteiger partial charge is 0.410 e. The van der Waals surface area contributed by atoms with Gasteiger partial charge in [0.25, 0.3) is 0 Å². The van der Waals surface area contributed by atoms with E-state index in [9.17, 15) is 0 Å². The molecule has 76 valence electrons. The van der Waals surface area contributed by atoms with Gasteiger partial charge in [-0.3, -0.25) is 4.98 Å². The summed E-state index contributed by atoms with van der Waals surface area (Å²) in [7, 11) is 0. The number of halogens is 2. The fourth-order valence-corrected chi connectivity index (χ4v) is 1.76. The van der Waals surface area contributed by atoms with Crippen LogP contribution in [0.4, 0.5) is 0 Å². The summed E-state index contributed by atoms with van der Waals surface area (Å²) in [6.07, 6.45) is 1.73. The van der Waals surface area contributed by atoms with Gasteiger partial charge in [-0.05, 0) is 40.2 Å². The van der Waals surface area contributed by atoms with Crippen molar-refractivity contribution in [2.24, 2.45) is 5.16 Å². The third-order valence-corrected chi connectivity index (χ3v) is 2.70. The van der Waals surface area contributed by atoms with E-state index in [0.29, 0.717) is 5.56 Å². The molecule has 1 N–H and O–H groups in total. The predicted octanol–water partition coefficient (Wildman–Crippen LogP) is 3.37. The number of rotatable bonds is 1. The summed E-state index contributed by atoms with van der Waals surface area (Å²) in [5.74, 6) is 0. The highest BCUT2D eigenvalue weighted by Crippen LogP contribution is 2.19. The summed E-state index contributed by atoms with van der Waals surface area (Å²) in [6, 6.07) is 7.32. The van der Waals surface area contributed by atoms with Gasteiger partial charge in [-0.2, -0.15) is 0 Å². The second-order valence-electron chi connectivity index (χ2n) is 2.95. The first-order chi connectivity index (χ1) is 7.20. The summed E-state index contributed by atoms with van der Waals surface area (Å²) in [5, 5.41) is 12.5. The van der Waals surface area contributed by atoms with Crippen LogP contribution in [0, 0.1) is 0 Å². The van der Waals surface area contributed by atoms with E-state index < -0.39 is 0 Å². The number of aromatic nitrogens is 1. The summed E-state index contributed by atoms with van der Waals surface area (Å²) < 4.78 is 0.893. The molecule has 2 rings (SSSR count). The number of pyridine rings is 1. The van der Waals surface area contributed by atoms with E-state index in [1.807, 2.05) is 18.2 Å². The monoisotopic (exact) mass is 284 g/mol. The molecule has 1 aromatic carbocycles. The Balaban J connectivity index is 2.64. The van der Waals surface area contributed by atoms with Gasteiger partial charge in [0.05, 0.1) is 5.52 Å². The van der Waals surface area contributed by atoms with Gasteiger partial charge in [-0.1, -0.05) is 16.8 Å².